The van der Waals surface area contributed by atoms with Gasteiger partial charge in [-0.1, -0.05) is 5.16 Å². The van der Waals surface area contributed by atoms with Gasteiger partial charge >= 0.3 is 16.3 Å². The van der Waals surface area contributed by atoms with Crippen LogP contribution in [0.5, 0.6) is 0 Å². The lowest BCUT2D eigenvalue weighted by Crippen LogP contribution is -2.74. The van der Waals surface area contributed by atoms with Crippen LogP contribution in [0.4, 0.5) is 5.13 Å². The van der Waals surface area contributed by atoms with Crippen LogP contribution in [0, 0.1) is 0 Å². The van der Waals surface area contributed by atoms with E-state index in [2.05, 4.69) is 25.0 Å². The highest BCUT2D eigenvalue weighted by Gasteiger charge is 2.58. The van der Waals surface area contributed by atoms with Crippen molar-refractivity contribution in [2.24, 2.45) is 5.16 Å². The molecule has 1 aliphatic rings. The molecule has 2 atom stereocenters. The maximum atomic E-state index is 12.4. The molecule has 2 heterocycles. The number of nitrogens with zero attached hydrogens (tertiary/aromatic N) is 3. The number of nitrogens with one attached hydrogen (secondary N) is 1. The molecule has 13 nitrogen and oxygen atoms in total. The quantitative estimate of drug-likeness (QED) is 0.152. The Morgan fingerprint density at radius 1 is 1.46 bits per heavy atom. The molecule has 4 N–H and O–H groups in total. The second-order valence-electron chi connectivity index (χ2n) is 4.72. The topological polar surface area (TPSA) is 191 Å². The van der Waals surface area contributed by atoms with Crippen molar-refractivity contribution in [3.8, 4) is 0 Å². The predicted octanol–water partition coefficient (Wildman–Crippen LogP) is -2.25. The number of hydrogen-bond acceptors (Lipinski definition) is 11. The van der Waals surface area contributed by atoms with E-state index >= 15 is 0 Å². The number of nitrogen functional groups attached to an aromatic ring is 1. The zero-order valence-corrected chi connectivity index (χ0v) is 14.9. The first kappa shape index (κ1) is 19.5. The molecule has 26 heavy (non-hydrogen) atoms. The van der Waals surface area contributed by atoms with E-state index in [1.165, 1.54) is 5.38 Å². The number of rotatable bonds is 6. The van der Waals surface area contributed by atoms with E-state index in [4.69, 9.17) is 10.3 Å². The summed E-state index contributed by atoms with van der Waals surface area (Å²) in [6.07, 6.45) is 0. The highest BCUT2D eigenvalue weighted by atomic mass is 32.2. The Labute approximate surface area is 150 Å². The van der Waals surface area contributed by atoms with Crippen LogP contribution in [0.2, 0.25) is 0 Å². The minimum atomic E-state index is -5.02. The number of hydrogen-bond donors (Lipinski definition) is 3. The molecule has 1 aliphatic heterocycles. The SMILES string of the molecule is CO/N=C(\C(=O)N[C@H]1C(=O)N(S(=O)(=O)O)[C@@H]1C(=O)OC)c1csc(N)n1. The number of thiazole rings is 1. The van der Waals surface area contributed by atoms with Crippen LogP contribution in [0.3, 0.4) is 0 Å². The summed E-state index contributed by atoms with van der Waals surface area (Å²) < 4.78 is 35.8. The second kappa shape index (κ2) is 7.22. The lowest BCUT2D eigenvalue weighted by Gasteiger charge is -2.41. The van der Waals surface area contributed by atoms with E-state index in [1.807, 2.05) is 0 Å². The molecule has 15 heteroatoms. The Morgan fingerprint density at radius 2 is 2.12 bits per heavy atom. The van der Waals surface area contributed by atoms with Crippen molar-refractivity contribution in [2.45, 2.75) is 12.1 Å². The fraction of sp³-hybridized carbons (Fsp3) is 0.364. The fourth-order valence-corrected chi connectivity index (χ4v) is 3.50. The zero-order valence-electron chi connectivity index (χ0n) is 13.3. The minimum absolute atomic E-state index is 0.0416. The number of amides is 2. The average Bonchev–Trinajstić information content (AvgIpc) is 2.98. The van der Waals surface area contributed by atoms with Crippen LogP contribution in [0.15, 0.2) is 10.5 Å². The van der Waals surface area contributed by atoms with Crippen molar-refractivity contribution in [1.82, 2.24) is 14.6 Å². The standard InChI is InChI=1S/C11H13N5O8S2/c1-23-10(19)7-6(9(18)16(7)26(20,21)22)14-8(17)5(15-24-2)4-3-25-11(12)13-4/h3,6-7H,1-2H3,(H2,12,13)(H,14,17)(H,20,21,22)/b15-5-/t6-,7+/m1/s1. The number of carbonyl (C=O) groups excluding carboxylic acids is 3. The third kappa shape index (κ3) is 3.58. The van der Waals surface area contributed by atoms with Crippen molar-refractivity contribution in [3.63, 3.8) is 0 Å². The number of oxime groups is 1. The monoisotopic (exact) mass is 407 g/mol. The molecule has 2 amide bonds. The molecule has 0 saturated carbocycles. The minimum Gasteiger partial charge on any atom is -0.467 e. The number of carbonyl (C=O) groups is 3. The van der Waals surface area contributed by atoms with Gasteiger partial charge in [0.2, 0.25) is 0 Å². The van der Waals surface area contributed by atoms with Crippen LogP contribution >= 0.6 is 11.3 Å². The first-order valence-corrected chi connectivity index (χ1v) is 8.91. The van der Waals surface area contributed by atoms with Gasteiger partial charge in [0.25, 0.3) is 11.8 Å². The van der Waals surface area contributed by atoms with Gasteiger partial charge in [-0.05, 0) is 0 Å². The Kier molecular flexibility index (Phi) is 5.43. The van der Waals surface area contributed by atoms with Crippen LogP contribution in [-0.4, -0.2) is 72.1 Å². The predicted molar refractivity (Wildman–Crippen MR) is 86.2 cm³/mol. The van der Waals surface area contributed by atoms with E-state index in [1.54, 1.807) is 0 Å². The molecule has 1 fully saturated rings. The number of ether oxygens (including phenoxy) is 1. The molecule has 0 unspecified atom stereocenters. The summed E-state index contributed by atoms with van der Waals surface area (Å²) in [5.41, 5.74) is 5.17. The van der Waals surface area contributed by atoms with Crippen LogP contribution in [-0.2, 0) is 34.3 Å². The van der Waals surface area contributed by atoms with Gasteiger partial charge in [0, 0.05) is 5.38 Å². The van der Waals surface area contributed by atoms with E-state index < -0.39 is 40.2 Å². The summed E-state index contributed by atoms with van der Waals surface area (Å²) in [5.74, 6) is -3.37. The van der Waals surface area contributed by atoms with Gasteiger partial charge in [-0.25, -0.2) is 9.78 Å². The van der Waals surface area contributed by atoms with Gasteiger partial charge in [-0.3, -0.25) is 14.1 Å². The second-order valence-corrected chi connectivity index (χ2v) is 6.90. The highest BCUT2D eigenvalue weighted by molar-refractivity contribution is 7.84. The van der Waals surface area contributed by atoms with Crippen LogP contribution in [0.25, 0.3) is 0 Å². The van der Waals surface area contributed by atoms with Crippen molar-refractivity contribution < 1.29 is 36.9 Å². The third-order valence-electron chi connectivity index (χ3n) is 3.19. The molecule has 0 bridgehead atoms. The van der Waals surface area contributed by atoms with Gasteiger partial charge in [0.1, 0.15) is 18.8 Å². The summed E-state index contributed by atoms with van der Waals surface area (Å²) in [4.78, 5) is 44.5. The number of nitrogens with two attached hydrogens (primary N) is 1. The van der Waals surface area contributed by atoms with Crippen molar-refractivity contribution in [3.05, 3.63) is 11.1 Å². The van der Waals surface area contributed by atoms with E-state index in [9.17, 15) is 22.8 Å². The van der Waals surface area contributed by atoms with Crippen molar-refractivity contribution in [2.75, 3.05) is 20.0 Å². The zero-order chi connectivity index (χ0) is 19.6. The van der Waals surface area contributed by atoms with E-state index in [0.717, 1.165) is 25.6 Å². The molecule has 0 spiro atoms. The maximum absolute atomic E-state index is 12.4. The Morgan fingerprint density at radius 3 is 2.58 bits per heavy atom. The summed E-state index contributed by atoms with van der Waals surface area (Å²) in [7, 11) is -2.91. The first-order valence-electron chi connectivity index (χ1n) is 6.63. The van der Waals surface area contributed by atoms with Gasteiger partial charge in [0.05, 0.1) is 7.11 Å². The largest absolute Gasteiger partial charge is 0.467 e. The summed E-state index contributed by atoms with van der Waals surface area (Å²) in [5, 5.41) is 7.16. The fourth-order valence-electron chi connectivity index (χ4n) is 2.11. The molecule has 142 valence electrons. The molecule has 1 aromatic heterocycles. The van der Waals surface area contributed by atoms with Crippen LogP contribution in [0.1, 0.15) is 5.69 Å². The number of anilines is 1. The van der Waals surface area contributed by atoms with E-state index in [0.29, 0.717) is 0 Å². The summed E-state index contributed by atoms with van der Waals surface area (Å²) in [6.45, 7) is 0. The summed E-state index contributed by atoms with van der Waals surface area (Å²) >= 11 is 1.02. The van der Waals surface area contributed by atoms with E-state index in [-0.39, 0.29) is 20.8 Å². The number of esters is 1. The van der Waals surface area contributed by atoms with Gasteiger partial charge in [-0.2, -0.15) is 12.7 Å². The van der Waals surface area contributed by atoms with Crippen molar-refractivity contribution in [1.29, 1.82) is 0 Å². The molecule has 2 rings (SSSR count). The van der Waals surface area contributed by atoms with Gasteiger partial charge < -0.3 is 20.6 Å². The highest BCUT2D eigenvalue weighted by Crippen LogP contribution is 2.25. The molecule has 1 aromatic rings. The molecular formula is C11H13N5O8S2. The summed E-state index contributed by atoms with van der Waals surface area (Å²) in [6, 6.07) is -3.37. The molecule has 0 aliphatic carbocycles. The Balaban J connectivity index is 2.27. The molecule has 0 radical (unpaired) electrons. The third-order valence-corrected chi connectivity index (χ3v) is 4.77. The lowest BCUT2D eigenvalue weighted by molar-refractivity contribution is -0.162. The Bertz CT molecular complexity index is 879. The smallest absolute Gasteiger partial charge is 0.363 e. The van der Waals surface area contributed by atoms with Gasteiger partial charge in [0.15, 0.2) is 16.9 Å². The maximum Gasteiger partial charge on any atom is 0.363 e. The normalized spacial score (nSPS) is 20.3. The van der Waals surface area contributed by atoms with Crippen LogP contribution < -0.4 is 11.1 Å². The molecule has 1 saturated heterocycles. The first-order chi connectivity index (χ1) is 12.1. The number of aromatic nitrogens is 1. The number of methoxy groups -OCH3 is 1. The number of β-lactam (4-membered cyclic amide) rings is 1. The van der Waals surface area contributed by atoms with Gasteiger partial charge in [-0.15, -0.1) is 11.3 Å². The Hall–Kier alpha value is -2.78. The molecular weight excluding hydrogens is 394 g/mol. The van der Waals surface area contributed by atoms with Crippen molar-refractivity contribution >= 4 is 50.3 Å². The molecule has 0 aromatic carbocycles. The lowest BCUT2D eigenvalue weighted by atomic mass is 9.98. The average molecular weight is 407 g/mol.